The van der Waals surface area contributed by atoms with Crippen LogP contribution in [0, 0.1) is 0 Å². The molecule has 0 rings (SSSR count). The molecule has 0 spiro atoms. The number of hydrogen-bond donors (Lipinski definition) is 1. The van der Waals surface area contributed by atoms with E-state index in [0.29, 0.717) is 6.04 Å². The van der Waals surface area contributed by atoms with Crippen LogP contribution in [0.15, 0.2) is 0 Å². The van der Waals surface area contributed by atoms with Gasteiger partial charge in [0.15, 0.2) is 0 Å². The molecule has 0 radical (unpaired) electrons. The quantitative estimate of drug-likeness (QED) is 0.569. The summed E-state index contributed by atoms with van der Waals surface area (Å²) in [7, 11) is 0. The highest BCUT2D eigenvalue weighted by atomic mass is 32.2. The fourth-order valence-corrected chi connectivity index (χ4v) is 2.36. The van der Waals surface area contributed by atoms with E-state index in [-0.39, 0.29) is 0 Å². The molecule has 2 atom stereocenters. The number of unbranched alkanes of at least 4 members (excludes halogenated alkanes) is 2. The molecule has 15 heavy (non-hydrogen) atoms. The molecule has 2 heteroatoms. The van der Waals surface area contributed by atoms with Crippen molar-refractivity contribution < 1.29 is 0 Å². The van der Waals surface area contributed by atoms with Gasteiger partial charge in [-0.1, -0.05) is 40.0 Å². The first kappa shape index (κ1) is 15.3. The van der Waals surface area contributed by atoms with Gasteiger partial charge in [-0.25, -0.2) is 0 Å². The molecule has 0 aliphatic carbocycles. The maximum Gasteiger partial charge on any atom is 0.00608 e. The summed E-state index contributed by atoms with van der Waals surface area (Å²) < 4.78 is 0. The Morgan fingerprint density at radius 2 is 1.87 bits per heavy atom. The van der Waals surface area contributed by atoms with E-state index in [0.717, 1.165) is 5.25 Å². The zero-order valence-corrected chi connectivity index (χ0v) is 11.8. The first-order valence-corrected chi connectivity index (χ1v) is 7.60. The van der Waals surface area contributed by atoms with Crippen molar-refractivity contribution in [2.45, 2.75) is 71.1 Å². The third-order valence-electron chi connectivity index (χ3n) is 2.81. The molecule has 0 amide bonds. The van der Waals surface area contributed by atoms with Crippen LogP contribution in [0.1, 0.15) is 59.8 Å². The van der Waals surface area contributed by atoms with Crippen LogP contribution in [0.2, 0.25) is 0 Å². The minimum Gasteiger partial charge on any atom is -0.313 e. The van der Waals surface area contributed by atoms with Crippen LogP contribution in [0.3, 0.4) is 0 Å². The van der Waals surface area contributed by atoms with Gasteiger partial charge < -0.3 is 5.32 Å². The van der Waals surface area contributed by atoms with E-state index in [4.69, 9.17) is 0 Å². The standard InChI is InChI=1S/C13H29NS/c1-5-7-8-9-12(3)14-10-11-15-13(4)6-2/h12-14H,5-11H2,1-4H3. The summed E-state index contributed by atoms with van der Waals surface area (Å²) in [6.45, 7) is 10.3. The van der Waals surface area contributed by atoms with E-state index < -0.39 is 0 Å². The van der Waals surface area contributed by atoms with E-state index in [2.05, 4.69) is 44.8 Å². The Balaban J connectivity index is 3.19. The highest BCUT2D eigenvalue weighted by Crippen LogP contribution is 2.12. The predicted molar refractivity (Wildman–Crippen MR) is 73.8 cm³/mol. The number of thioether (sulfide) groups is 1. The average Bonchev–Trinajstić information content (AvgIpc) is 2.24. The molecule has 0 fully saturated rings. The Kier molecular flexibility index (Phi) is 11.0. The lowest BCUT2D eigenvalue weighted by molar-refractivity contribution is 0.502. The second-order valence-electron chi connectivity index (χ2n) is 4.44. The van der Waals surface area contributed by atoms with E-state index in [1.807, 2.05) is 0 Å². The van der Waals surface area contributed by atoms with E-state index >= 15 is 0 Å². The number of rotatable bonds is 10. The fourth-order valence-electron chi connectivity index (χ4n) is 1.49. The van der Waals surface area contributed by atoms with Crippen molar-refractivity contribution in [3.63, 3.8) is 0 Å². The van der Waals surface area contributed by atoms with Gasteiger partial charge in [-0.3, -0.25) is 0 Å². The van der Waals surface area contributed by atoms with Crippen molar-refractivity contribution in [2.75, 3.05) is 12.3 Å². The third-order valence-corrected chi connectivity index (χ3v) is 4.16. The highest BCUT2D eigenvalue weighted by molar-refractivity contribution is 7.99. The maximum atomic E-state index is 3.60. The summed E-state index contributed by atoms with van der Waals surface area (Å²) in [6, 6.07) is 0.703. The van der Waals surface area contributed by atoms with Crippen LogP contribution in [0.5, 0.6) is 0 Å². The molecule has 0 aromatic carbocycles. The van der Waals surface area contributed by atoms with Gasteiger partial charge in [-0.15, -0.1) is 0 Å². The van der Waals surface area contributed by atoms with E-state index in [1.54, 1.807) is 0 Å². The molecule has 0 heterocycles. The van der Waals surface area contributed by atoms with Crippen molar-refractivity contribution in [3.8, 4) is 0 Å². The third kappa shape index (κ3) is 10.6. The van der Waals surface area contributed by atoms with Crippen molar-refractivity contribution in [3.05, 3.63) is 0 Å². The van der Waals surface area contributed by atoms with Gasteiger partial charge in [-0.2, -0.15) is 11.8 Å². The Morgan fingerprint density at radius 3 is 2.47 bits per heavy atom. The summed E-state index contributed by atoms with van der Waals surface area (Å²) in [5, 5.41) is 4.42. The Hall–Kier alpha value is 0.310. The van der Waals surface area contributed by atoms with Gasteiger partial charge in [0.25, 0.3) is 0 Å². The summed E-state index contributed by atoms with van der Waals surface area (Å²) >= 11 is 2.08. The summed E-state index contributed by atoms with van der Waals surface area (Å²) in [5.74, 6) is 1.26. The number of hydrogen-bond acceptors (Lipinski definition) is 2. The van der Waals surface area contributed by atoms with Crippen molar-refractivity contribution in [1.82, 2.24) is 5.32 Å². The van der Waals surface area contributed by atoms with Crippen LogP contribution < -0.4 is 5.32 Å². The Bertz CT molecular complexity index is 128. The molecule has 1 N–H and O–H groups in total. The molecule has 2 unspecified atom stereocenters. The minimum absolute atomic E-state index is 0.703. The summed E-state index contributed by atoms with van der Waals surface area (Å²) in [5.41, 5.74) is 0. The first-order chi connectivity index (χ1) is 7.20. The van der Waals surface area contributed by atoms with Crippen LogP contribution >= 0.6 is 11.8 Å². The van der Waals surface area contributed by atoms with Crippen LogP contribution in [0.25, 0.3) is 0 Å². The first-order valence-electron chi connectivity index (χ1n) is 6.55. The Morgan fingerprint density at radius 1 is 1.13 bits per heavy atom. The highest BCUT2D eigenvalue weighted by Gasteiger charge is 2.01. The monoisotopic (exact) mass is 231 g/mol. The predicted octanol–water partition coefficient (Wildman–Crippen LogP) is 4.08. The zero-order valence-electron chi connectivity index (χ0n) is 11.0. The topological polar surface area (TPSA) is 12.0 Å². The summed E-state index contributed by atoms with van der Waals surface area (Å²) in [4.78, 5) is 0. The molecular weight excluding hydrogens is 202 g/mol. The molecule has 0 aromatic heterocycles. The van der Waals surface area contributed by atoms with Crippen molar-refractivity contribution >= 4 is 11.8 Å². The lowest BCUT2D eigenvalue weighted by atomic mass is 10.1. The van der Waals surface area contributed by atoms with Gasteiger partial charge in [-0.05, 0) is 19.8 Å². The molecule has 0 bridgehead atoms. The van der Waals surface area contributed by atoms with Crippen molar-refractivity contribution in [1.29, 1.82) is 0 Å². The van der Waals surface area contributed by atoms with Crippen molar-refractivity contribution in [2.24, 2.45) is 0 Å². The molecule has 1 nitrogen and oxygen atoms in total. The van der Waals surface area contributed by atoms with Crippen LogP contribution in [0.4, 0.5) is 0 Å². The van der Waals surface area contributed by atoms with E-state index in [9.17, 15) is 0 Å². The summed E-state index contributed by atoms with van der Waals surface area (Å²) in [6.07, 6.45) is 6.71. The second kappa shape index (κ2) is 10.8. The van der Waals surface area contributed by atoms with Gasteiger partial charge in [0.2, 0.25) is 0 Å². The van der Waals surface area contributed by atoms with Crippen LogP contribution in [-0.4, -0.2) is 23.6 Å². The molecule has 92 valence electrons. The number of nitrogens with one attached hydrogen (secondary N) is 1. The maximum absolute atomic E-state index is 3.60. The second-order valence-corrected chi connectivity index (χ2v) is 5.99. The van der Waals surface area contributed by atoms with Crippen LogP contribution in [-0.2, 0) is 0 Å². The molecule has 0 aromatic rings. The molecule has 0 aliphatic rings. The van der Waals surface area contributed by atoms with Gasteiger partial charge in [0.1, 0.15) is 0 Å². The zero-order chi connectivity index (χ0) is 11.5. The Labute approximate surface area is 101 Å². The molecule has 0 saturated heterocycles. The molecule has 0 aliphatic heterocycles. The van der Waals surface area contributed by atoms with Gasteiger partial charge in [0, 0.05) is 23.6 Å². The smallest absolute Gasteiger partial charge is 0.00608 e. The lowest BCUT2D eigenvalue weighted by Gasteiger charge is -2.14. The normalized spacial score (nSPS) is 15.2. The fraction of sp³-hybridized carbons (Fsp3) is 1.00. The molecule has 0 saturated carbocycles. The SMILES string of the molecule is CCCCCC(C)NCCSC(C)CC. The average molecular weight is 231 g/mol. The molecular formula is C13H29NS. The van der Waals surface area contributed by atoms with Gasteiger partial charge >= 0.3 is 0 Å². The lowest BCUT2D eigenvalue weighted by Crippen LogP contribution is -2.28. The van der Waals surface area contributed by atoms with Gasteiger partial charge in [0.05, 0.1) is 0 Å². The minimum atomic E-state index is 0.703. The largest absolute Gasteiger partial charge is 0.313 e. The van der Waals surface area contributed by atoms with E-state index in [1.165, 1.54) is 44.4 Å².